The highest BCUT2D eigenvalue weighted by atomic mass is 16.5. The van der Waals surface area contributed by atoms with Gasteiger partial charge in [0.05, 0.1) is 6.10 Å². The van der Waals surface area contributed by atoms with Gasteiger partial charge in [0, 0.05) is 32.8 Å². The van der Waals surface area contributed by atoms with Gasteiger partial charge in [0.25, 0.3) is 0 Å². The van der Waals surface area contributed by atoms with Crippen LogP contribution in [0.5, 0.6) is 0 Å². The molecule has 4 heteroatoms. The second-order valence-corrected chi connectivity index (χ2v) is 4.92. The van der Waals surface area contributed by atoms with Crippen molar-refractivity contribution < 1.29 is 4.74 Å². The number of likely N-dealkylation sites (N-methyl/N-ethyl adjacent to an activating group) is 2. The van der Waals surface area contributed by atoms with Crippen molar-refractivity contribution in [2.24, 2.45) is 5.73 Å². The predicted molar refractivity (Wildman–Crippen MR) is 67.6 cm³/mol. The van der Waals surface area contributed by atoms with Crippen LogP contribution in [0.15, 0.2) is 0 Å². The number of likely N-dealkylation sites (tertiary alicyclic amines) is 1. The SMILES string of the molecule is COC(CN)CCN(C)C1CCCN(C)C1. The summed E-state index contributed by atoms with van der Waals surface area (Å²) in [5.74, 6) is 0. The number of nitrogens with zero attached hydrogens (tertiary/aromatic N) is 2. The third-order valence-corrected chi connectivity index (χ3v) is 3.62. The lowest BCUT2D eigenvalue weighted by molar-refractivity contribution is 0.0760. The number of nitrogens with two attached hydrogens (primary N) is 1. The van der Waals surface area contributed by atoms with Gasteiger partial charge in [0.15, 0.2) is 0 Å². The van der Waals surface area contributed by atoms with E-state index in [-0.39, 0.29) is 6.10 Å². The van der Waals surface area contributed by atoms with Crippen molar-refractivity contribution >= 4 is 0 Å². The van der Waals surface area contributed by atoms with Gasteiger partial charge in [-0.25, -0.2) is 0 Å². The van der Waals surface area contributed by atoms with Crippen molar-refractivity contribution in [3.05, 3.63) is 0 Å². The number of ether oxygens (including phenoxy) is 1. The third-order valence-electron chi connectivity index (χ3n) is 3.62. The first-order valence-corrected chi connectivity index (χ1v) is 6.29. The van der Waals surface area contributed by atoms with Crippen LogP contribution in [-0.4, -0.2) is 69.3 Å². The Balaban J connectivity index is 2.25. The summed E-state index contributed by atoms with van der Waals surface area (Å²) in [4.78, 5) is 4.87. The van der Waals surface area contributed by atoms with E-state index in [1.54, 1.807) is 7.11 Å². The largest absolute Gasteiger partial charge is 0.380 e. The van der Waals surface area contributed by atoms with E-state index in [2.05, 4.69) is 23.9 Å². The zero-order valence-electron chi connectivity index (χ0n) is 11.0. The van der Waals surface area contributed by atoms with E-state index >= 15 is 0 Å². The van der Waals surface area contributed by atoms with Crippen molar-refractivity contribution in [2.45, 2.75) is 31.4 Å². The highest BCUT2D eigenvalue weighted by Crippen LogP contribution is 2.13. The van der Waals surface area contributed by atoms with Gasteiger partial charge in [-0.15, -0.1) is 0 Å². The summed E-state index contributed by atoms with van der Waals surface area (Å²) in [6, 6.07) is 0.703. The second kappa shape index (κ2) is 7.22. The number of piperidine rings is 1. The maximum Gasteiger partial charge on any atom is 0.0705 e. The van der Waals surface area contributed by atoms with Gasteiger partial charge < -0.3 is 20.3 Å². The zero-order chi connectivity index (χ0) is 12.0. The third kappa shape index (κ3) is 4.37. The van der Waals surface area contributed by atoms with E-state index in [9.17, 15) is 0 Å². The maximum atomic E-state index is 5.62. The Bertz CT molecular complexity index is 185. The van der Waals surface area contributed by atoms with Gasteiger partial charge in [0.1, 0.15) is 0 Å². The highest BCUT2D eigenvalue weighted by molar-refractivity contribution is 4.78. The summed E-state index contributed by atoms with van der Waals surface area (Å²) < 4.78 is 5.30. The molecule has 4 nitrogen and oxygen atoms in total. The molecule has 1 aliphatic heterocycles. The first kappa shape index (κ1) is 13.9. The molecule has 1 aliphatic rings. The molecule has 0 aromatic heterocycles. The van der Waals surface area contributed by atoms with Crippen LogP contribution in [0.1, 0.15) is 19.3 Å². The Hall–Kier alpha value is -0.160. The van der Waals surface area contributed by atoms with Crippen LogP contribution in [0.2, 0.25) is 0 Å². The molecule has 0 aromatic carbocycles. The van der Waals surface area contributed by atoms with E-state index < -0.39 is 0 Å². The summed E-state index contributed by atoms with van der Waals surface area (Å²) in [7, 11) is 6.16. The fourth-order valence-electron chi connectivity index (χ4n) is 2.36. The number of hydrogen-bond donors (Lipinski definition) is 1. The molecule has 96 valence electrons. The van der Waals surface area contributed by atoms with Gasteiger partial charge in [-0.05, 0) is 39.9 Å². The van der Waals surface area contributed by atoms with E-state index in [1.807, 2.05) is 0 Å². The molecule has 0 bridgehead atoms. The molecular formula is C12H27N3O. The van der Waals surface area contributed by atoms with Crippen molar-refractivity contribution in [3.8, 4) is 0 Å². The van der Waals surface area contributed by atoms with Gasteiger partial charge in [-0.1, -0.05) is 0 Å². The highest BCUT2D eigenvalue weighted by Gasteiger charge is 2.21. The minimum absolute atomic E-state index is 0.212. The Morgan fingerprint density at radius 3 is 2.88 bits per heavy atom. The van der Waals surface area contributed by atoms with Crippen molar-refractivity contribution in [2.75, 3.05) is 47.4 Å². The molecule has 1 rings (SSSR count). The Labute approximate surface area is 99.7 Å². The van der Waals surface area contributed by atoms with Gasteiger partial charge >= 0.3 is 0 Å². The zero-order valence-corrected chi connectivity index (χ0v) is 11.0. The van der Waals surface area contributed by atoms with Crippen LogP contribution in [0.3, 0.4) is 0 Å². The van der Waals surface area contributed by atoms with E-state index in [0.29, 0.717) is 12.6 Å². The average Bonchev–Trinajstić information content (AvgIpc) is 2.30. The molecule has 1 saturated heterocycles. The molecule has 0 spiro atoms. The molecule has 0 radical (unpaired) electrons. The monoisotopic (exact) mass is 229 g/mol. The lowest BCUT2D eigenvalue weighted by Crippen LogP contribution is -2.45. The van der Waals surface area contributed by atoms with E-state index in [0.717, 1.165) is 13.0 Å². The normalized spacial score (nSPS) is 24.9. The van der Waals surface area contributed by atoms with Crippen LogP contribution in [0, 0.1) is 0 Å². The quantitative estimate of drug-likeness (QED) is 0.715. The predicted octanol–water partition coefficient (Wildman–Crippen LogP) is 0.376. The van der Waals surface area contributed by atoms with Crippen LogP contribution in [0.4, 0.5) is 0 Å². The lowest BCUT2D eigenvalue weighted by Gasteiger charge is -2.36. The van der Waals surface area contributed by atoms with Crippen molar-refractivity contribution in [3.63, 3.8) is 0 Å². The van der Waals surface area contributed by atoms with Crippen molar-refractivity contribution in [1.29, 1.82) is 0 Å². The summed E-state index contributed by atoms with van der Waals surface area (Å²) in [6.45, 7) is 4.13. The first-order chi connectivity index (χ1) is 7.67. The average molecular weight is 229 g/mol. The Morgan fingerprint density at radius 1 is 1.56 bits per heavy atom. The van der Waals surface area contributed by atoms with Crippen LogP contribution < -0.4 is 5.73 Å². The fraction of sp³-hybridized carbons (Fsp3) is 1.00. The van der Waals surface area contributed by atoms with Crippen molar-refractivity contribution in [1.82, 2.24) is 9.80 Å². The van der Waals surface area contributed by atoms with E-state index in [4.69, 9.17) is 10.5 Å². The Morgan fingerprint density at radius 2 is 2.31 bits per heavy atom. The minimum Gasteiger partial charge on any atom is -0.380 e. The van der Waals surface area contributed by atoms with Gasteiger partial charge in [0.2, 0.25) is 0 Å². The molecule has 0 aliphatic carbocycles. The minimum atomic E-state index is 0.212. The molecule has 0 aromatic rings. The number of methoxy groups -OCH3 is 1. The molecule has 16 heavy (non-hydrogen) atoms. The number of rotatable bonds is 6. The molecule has 2 unspecified atom stereocenters. The molecule has 0 saturated carbocycles. The summed E-state index contributed by atoms with van der Waals surface area (Å²) in [5.41, 5.74) is 5.62. The topological polar surface area (TPSA) is 41.7 Å². The van der Waals surface area contributed by atoms with Crippen LogP contribution in [0.25, 0.3) is 0 Å². The molecule has 1 fully saturated rings. The molecule has 2 N–H and O–H groups in total. The Kier molecular flexibility index (Phi) is 6.28. The van der Waals surface area contributed by atoms with Crippen LogP contribution >= 0.6 is 0 Å². The fourth-order valence-corrected chi connectivity index (χ4v) is 2.36. The molecule has 2 atom stereocenters. The van der Waals surface area contributed by atoms with E-state index in [1.165, 1.54) is 25.9 Å². The molecular weight excluding hydrogens is 202 g/mol. The second-order valence-electron chi connectivity index (χ2n) is 4.92. The van der Waals surface area contributed by atoms with Gasteiger partial charge in [-0.3, -0.25) is 0 Å². The summed E-state index contributed by atoms with van der Waals surface area (Å²) in [6.07, 6.45) is 3.88. The molecule has 0 amide bonds. The maximum absolute atomic E-state index is 5.62. The number of hydrogen-bond acceptors (Lipinski definition) is 4. The summed E-state index contributed by atoms with van der Waals surface area (Å²) >= 11 is 0. The molecule has 1 heterocycles. The smallest absolute Gasteiger partial charge is 0.0705 e. The first-order valence-electron chi connectivity index (χ1n) is 6.29. The standard InChI is InChI=1S/C12H27N3O/c1-14-7-4-5-11(10-14)15(2)8-6-12(9-13)16-3/h11-12H,4-10,13H2,1-3H3. The van der Waals surface area contributed by atoms with Crippen LogP contribution in [-0.2, 0) is 4.74 Å². The summed E-state index contributed by atoms with van der Waals surface area (Å²) in [5, 5.41) is 0. The lowest BCUT2D eigenvalue weighted by atomic mass is 10.0. The van der Waals surface area contributed by atoms with Gasteiger partial charge in [-0.2, -0.15) is 0 Å².